The lowest BCUT2D eigenvalue weighted by atomic mass is 9.86. The summed E-state index contributed by atoms with van der Waals surface area (Å²) in [6, 6.07) is 35.2. The van der Waals surface area contributed by atoms with Gasteiger partial charge in [0, 0.05) is 32.1 Å². The molecule has 1 aliphatic carbocycles. The van der Waals surface area contributed by atoms with Gasteiger partial charge >= 0.3 is 0 Å². The number of fused-ring (bicyclic) bond motifs is 1. The summed E-state index contributed by atoms with van der Waals surface area (Å²) in [6.45, 7) is 4.66. The number of carbonyl (C=O) groups excluding carboxylic acids is 2. The number of hydrogen-bond acceptors (Lipinski definition) is 6. The Morgan fingerprint density at radius 2 is 1.27 bits per heavy atom. The largest absolute Gasteiger partial charge is 0.362 e. The first-order valence-corrected chi connectivity index (χ1v) is 17.3. The Kier molecular flexibility index (Phi) is 10.5. The van der Waals surface area contributed by atoms with Gasteiger partial charge in [-0.2, -0.15) is 4.98 Å². The molecule has 0 aliphatic heterocycles. The molecule has 49 heavy (non-hydrogen) atoms. The summed E-state index contributed by atoms with van der Waals surface area (Å²) in [5.74, 6) is 1.52. The fourth-order valence-electron chi connectivity index (χ4n) is 6.97. The number of nitrogens with one attached hydrogen (secondary N) is 2. The molecular weight excluding hydrogens is 608 g/mol. The maximum absolute atomic E-state index is 14.4. The molecule has 1 saturated carbocycles. The van der Waals surface area contributed by atoms with Gasteiger partial charge in [-0.25, -0.2) is 4.98 Å². The standard InChI is InChI=1S/C41H46N6O2/c1-28(31-15-7-5-8-16-31)47(29(2)32-17-9-6-10-18-32)40(49)35-20-12-11-19-34(35)39(48)42-27-30-23-25-33(26-24-30)43-41-44-37-22-14-13-21-36(37)38(45-41)46(3)4/h5-22,28-30,33H,23-27H2,1-4H3,(H,42,48)(H,43,44,45)/t28-,29-,30?,33?/m0/s1. The Morgan fingerprint density at radius 1 is 0.714 bits per heavy atom. The van der Waals surface area contributed by atoms with E-state index in [1.54, 1.807) is 12.1 Å². The van der Waals surface area contributed by atoms with E-state index in [9.17, 15) is 9.59 Å². The number of rotatable bonds is 11. The normalized spacial score (nSPS) is 17.1. The van der Waals surface area contributed by atoms with Crippen LogP contribution in [0.25, 0.3) is 10.9 Å². The smallest absolute Gasteiger partial charge is 0.255 e. The van der Waals surface area contributed by atoms with Crippen molar-refractivity contribution in [2.75, 3.05) is 30.9 Å². The van der Waals surface area contributed by atoms with E-state index in [0.29, 0.717) is 29.5 Å². The maximum Gasteiger partial charge on any atom is 0.255 e. The van der Waals surface area contributed by atoms with Crippen LogP contribution >= 0.6 is 0 Å². The molecule has 8 heteroatoms. The van der Waals surface area contributed by atoms with Crippen LogP contribution in [-0.4, -0.2) is 53.4 Å². The Labute approximate surface area is 289 Å². The van der Waals surface area contributed by atoms with E-state index in [2.05, 4.69) is 16.7 Å². The first kappa shape index (κ1) is 33.7. The summed E-state index contributed by atoms with van der Waals surface area (Å²) in [4.78, 5) is 41.7. The molecule has 2 amide bonds. The Balaban J connectivity index is 1.11. The zero-order valence-electron chi connectivity index (χ0n) is 28.8. The third kappa shape index (κ3) is 7.75. The third-order valence-electron chi connectivity index (χ3n) is 9.77. The molecule has 0 unspecified atom stereocenters. The lowest BCUT2D eigenvalue weighted by Gasteiger charge is -2.36. The zero-order chi connectivity index (χ0) is 34.3. The second kappa shape index (κ2) is 15.3. The van der Waals surface area contributed by atoms with Crippen molar-refractivity contribution in [3.05, 3.63) is 131 Å². The van der Waals surface area contributed by atoms with Crippen molar-refractivity contribution >= 4 is 34.5 Å². The molecule has 4 aromatic carbocycles. The molecule has 0 saturated heterocycles. The summed E-state index contributed by atoms with van der Waals surface area (Å²) < 4.78 is 0. The van der Waals surface area contributed by atoms with Crippen LogP contribution in [0, 0.1) is 5.92 Å². The molecule has 1 aliphatic rings. The van der Waals surface area contributed by atoms with E-state index in [-0.39, 0.29) is 29.9 Å². The minimum absolute atomic E-state index is 0.168. The number of nitrogens with zero attached hydrogens (tertiary/aromatic N) is 4. The Bertz CT molecular complexity index is 1830. The molecule has 0 spiro atoms. The van der Waals surface area contributed by atoms with Crippen molar-refractivity contribution in [1.29, 1.82) is 0 Å². The Hall–Kier alpha value is -5.24. The van der Waals surface area contributed by atoms with Crippen LogP contribution in [0.1, 0.15) is 83.5 Å². The average Bonchev–Trinajstić information content (AvgIpc) is 3.14. The highest BCUT2D eigenvalue weighted by Crippen LogP contribution is 2.33. The Morgan fingerprint density at radius 3 is 1.88 bits per heavy atom. The van der Waals surface area contributed by atoms with E-state index in [0.717, 1.165) is 53.5 Å². The van der Waals surface area contributed by atoms with Gasteiger partial charge in [-0.1, -0.05) is 84.9 Å². The molecule has 1 fully saturated rings. The van der Waals surface area contributed by atoms with Crippen LogP contribution in [0.5, 0.6) is 0 Å². The molecule has 8 nitrogen and oxygen atoms in total. The number of hydrogen-bond donors (Lipinski definition) is 2. The molecule has 6 rings (SSSR count). The van der Waals surface area contributed by atoms with Crippen LogP contribution in [0.15, 0.2) is 109 Å². The summed E-state index contributed by atoms with van der Waals surface area (Å²) in [6.07, 6.45) is 3.88. The maximum atomic E-state index is 14.4. The molecular formula is C41H46N6O2. The fraction of sp³-hybridized carbons (Fsp3) is 0.317. The van der Waals surface area contributed by atoms with E-state index >= 15 is 0 Å². The van der Waals surface area contributed by atoms with Crippen LogP contribution < -0.4 is 15.5 Å². The van der Waals surface area contributed by atoms with E-state index in [1.807, 2.05) is 129 Å². The summed E-state index contributed by atoms with van der Waals surface area (Å²) >= 11 is 0. The summed E-state index contributed by atoms with van der Waals surface area (Å²) in [5.41, 5.74) is 3.81. The quantitative estimate of drug-likeness (QED) is 0.150. The molecule has 0 radical (unpaired) electrons. The van der Waals surface area contributed by atoms with Crippen molar-refractivity contribution in [2.45, 2.75) is 57.7 Å². The SMILES string of the molecule is C[C@@H](c1ccccc1)N(C(=O)c1ccccc1C(=O)NCC1CCC(Nc2nc(N(C)C)c3ccccc3n2)CC1)[C@@H](C)c1ccccc1. The van der Waals surface area contributed by atoms with Crippen LogP contribution in [-0.2, 0) is 0 Å². The monoisotopic (exact) mass is 654 g/mol. The van der Waals surface area contributed by atoms with Crippen molar-refractivity contribution in [2.24, 2.45) is 5.92 Å². The highest BCUT2D eigenvalue weighted by atomic mass is 16.2. The van der Waals surface area contributed by atoms with Gasteiger partial charge in [0.15, 0.2) is 0 Å². The first-order valence-electron chi connectivity index (χ1n) is 17.3. The van der Waals surface area contributed by atoms with Gasteiger partial charge < -0.3 is 20.4 Å². The lowest BCUT2D eigenvalue weighted by Crippen LogP contribution is -2.38. The highest BCUT2D eigenvalue weighted by molar-refractivity contribution is 6.07. The lowest BCUT2D eigenvalue weighted by molar-refractivity contribution is 0.0600. The van der Waals surface area contributed by atoms with E-state index in [4.69, 9.17) is 9.97 Å². The second-order valence-electron chi connectivity index (χ2n) is 13.3. The molecule has 2 atom stereocenters. The van der Waals surface area contributed by atoms with Crippen molar-refractivity contribution in [1.82, 2.24) is 20.2 Å². The van der Waals surface area contributed by atoms with Gasteiger partial charge in [-0.15, -0.1) is 0 Å². The predicted molar refractivity (Wildman–Crippen MR) is 198 cm³/mol. The van der Waals surface area contributed by atoms with Crippen LogP contribution in [0.4, 0.5) is 11.8 Å². The van der Waals surface area contributed by atoms with Crippen LogP contribution in [0.2, 0.25) is 0 Å². The zero-order valence-corrected chi connectivity index (χ0v) is 28.8. The fourth-order valence-corrected chi connectivity index (χ4v) is 6.97. The number of carbonyl (C=O) groups is 2. The van der Waals surface area contributed by atoms with Crippen LogP contribution in [0.3, 0.4) is 0 Å². The number of benzene rings is 4. The van der Waals surface area contributed by atoms with Gasteiger partial charge in [0.2, 0.25) is 5.95 Å². The van der Waals surface area contributed by atoms with Crippen molar-refractivity contribution in [3.8, 4) is 0 Å². The molecule has 1 heterocycles. The summed E-state index contributed by atoms with van der Waals surface area (Å²) in [7, 11) is 4.00. The van der Waals surface area contributed by atoms with Gasteiger partial charge in [-0.3, -0.25) is 9.59 Å². The molecule has 0 bridgehead atoms. The molecule has 252 valence electrons. The average molecular weight is 655 g/mol. The minimum atomic E-state index is -0.218. The summed E-state index contributed by atoms with van der Waals surface area (Å²) in [5, 5.41) is 7.77. The van der Waals surface area contributed by atoms with Gasteiger partial charge in [-0.05, 0) is 80.8 Å². The minimum Gasteiger partial charge on any atom is -0.362 e. The van der Waals surface area contributed by atoms with E-state index < -0.39 is 0 Å². The van der Waals surface area contributed by atoms with E-state index in [1.165, 1.54) is 0 Å². The number of anilines is 2. The van der Waals surface area contributed by atoms with Gasteiger partial charge in [0.1, 0.15) is 5.82 Å². The predicted octanol–water partition coefficient (Wildman–Crippen LogP) is 8.06. The first-order chi connectivity index (χ1) is 23.8. The molecule has 5 aromatic rings. The van der Waals surface area contributed by atoms with Gasteiger partial charge in [0.25, 0.3) is 11.8 Å². The third-order valence-corrected chi connectivity index (χ3v) is 9.77. The number of amides is 2. The molecule has 1 aromatic heterocycles. The number of para-hydroxylation sites is 1. The second-order valence-corrected chi connectivity index (χ2v) is 13.3. The topological polar surface area (TPSA) is 90.5 Å². The van der Waals surface area contributed by atoms with Crippen molar-refractivity contribution in [3.63, 3.8) is 0 Å². The molecule has 2 N–H and O–H groups in total. The van der Waals surface area contributed by atoms with Gasteiger partial charge in [0.05, 0.1) is 28.7 Å². The number of aromatic nitrogens is 2. The van der Waals surface area contributed by atoms with Crippen molar-refractivity contribution < 1.29 is 9.59 Å². The highest BCUT2D eigenvalue weighted by Gasteiger charge is 2.31.